The molecule has 0 fully saturated rings. The highest BCUT2D eigenvalue weighted by molar-refractivity contribution is 7.89. The smallest absolute Gasteiger partial charge is 0.241 e. The number of fused-ring (bicyclic) bond motifs is 1. The number of unbranched alkanes of at least 4 members (excludes halogenated alkanes) is 1. The van der Waals surface area contributed by atoms with Gasteiger partial charge in [0, 0.05) is 80.6 Å². The molecule has 40 heavy (non-hydrogen) atoms. The van der Waals surface area contributed by atoms with Crippen LogP contribution < -0.4 is 19.8 Å². The van der Waals surface area contributed by atoms with Crippen LogP contribution in [0, 0.1) is 0 Å². The van der Waals surface area contributed by atoms with E-state index in [1.807, 2.05) is 43.3 Å². The normalized spacial score (nSPS) is 11.5. The van der Waals surface area contributed by atoms with E-state index in [2.05, 4.69) is 39.2 Å². The molecule has 0 saturated heterocycles. The first-order valence-corrected chi connectivity index (χ1v) is 16.2. The second-order valence-corrected chi connectivity index (χ2v) is 12.4. The maximum absolute atomic E-state index is 13.0. The van der Waals surface area contributed by atoms with Crippen molar-refractivity contribution in [3.8, 4) is 0 Å². The first-order chi connectivity index (χ1) is 19.3. The zero-order valence-corrected chi connectivity index (χ0v) is 25.7. The number of nitrogens with zero attached hydrogens (tertiary/aromatic N) is 2. The lowest BCUT2D eigenvalue weighted by molar-refractivity contribution is -0.121. The molecule has 10 heteroatoms. The van der Waals surface area contributed by atoms with E-state index in [4.69, 9.17) is 23.2 Å². The van der Waals surface area contributed by atoms with Gasteiger partial charge in [-0.25, -0.2) is 13.1 Å². The van der Waals surface area contributed by atoms with Crippen LogP contribution in [0.4, 0.5) is 11.4 Å². The zero-order chi connectivity index (χ0) is 29.0. The summed E-state index contributed by atoms with van der Waals surface area (Å²) in [7, 11) is 0.222. The maximum atomic E-state index is 13.0. The third-order valence-corrected chi connectivity index (χ3v) is 8.59. The zero-order valence-electron chi connectivity index (χ0n) is 23.3. The van der Waals surface area contributed by atoms with Gasteiger partial charge in [0.1, 0.15) is 0 Å². The molecule has 0 atom stereocenters. The molecule has 2 N–H and O–H groups in total. The van der Waals surface area contributed by atoms with E-state index >= 15 is 0 Å². The van der Waals surface area contributed by atoms with Crippen molar-refractivity contribution in [3.63, 3.8) is 0 Å². The van der Waals surface area contributed by atoms with E-state index in [0.29, 0.717) is 49.5 Å². The molecule has 0 radical (unpaired) electrons. The highest BCUT2D eigenvalue weighted by atomic mass is 35.5. The van der Waals surface area contributed by atoms with Gasteiger partial charge in [0.25, 0.3) is 0 Å². The van der Waals surface area contributed by atoms with Crippen molar-refractivity contribution in [2.75, 3.05) is 61.8 Å². The number of sulfonamides is 1. The first kappa shape index (κ1) is 32.0. The molecular weight excluding hydrogens is 567 g/mol. The predicted molar refractivity (Wildman–Crippen MR) is 169 cm³/mol. The van der Waals surface area contributed by atoms with Crippen LogP contribution >= 0.6 is 23.2 Å². The van der Waals surface area contributed by atoms with Crippen LogP contribution in [0.5, 0.6) is 0 Å². The molecule has 3 aromatic carbocycles. The van der Waals surface area contributed by atoms with E-state index < -0.39 is 10.0 Å². The Morgan fingerprint density at radius 2 is 1.48 bits per heavy atom. The van der Waals surface area contributed by atoms with Crippen molar-refractivity contribution >= 4 is 61.3 Å². The largest absolute Gasteiger partial charge is 0.377 e. The van der Waals surface area contributed by atoms with Gasteiger partial charge in [-0.05, 0) is 55.5 Å². The van der Waals surface area contributed by atoms with Gasteiger partial charge in [-0.15, -0.1) is 23.2 Å². The molecule has 0 heterocycles. The minimum atomic E-state index is -3.66. The number of nitrogens with one attached hydrogen (secondary N) is 2. The van der Waals surface area contributed by atoms with E-state index in [1.54, 1.807) is 12.1 Å². The second-order valence-electron chi connectivity index (χ2n) is 9.86. The van der Waals surface area contributed by atoms with Crippen LogP contribution in [0.25, 0.3) is 10.8 Å². The lowest BCUT2D eigenvalue weighted by Crippen LogP contribution is -2.27. The minimum Gasteiger partial charge on any atom is -0.377 e. The first-order valence-electron chi connectivity index (χ1n) is 13.7. The number of carbonyl (C=O) groups is 1. The van der Waals surface area contributed by atoms with E-state index in [9.17, 15) is 13.2 Å². The highest BCUT2D eigenvalue weighted by Gasteiger charge is 2.18. The number of rotatable bonds is 17. The lowest BCUT2D eigenvalue weighted by Gasteiger charge is -2.23. The molecule has 0 aliphatic carbocycles. The SMILES string of the molecule is CN(C)c1cccc2c(S(=O)(=O)NCCCCNC(=O)CCCc3ccc(N(CCCl)CCCl)cc3)cccc12. The van der Waals surface area contributed by atoms with E-state index in [-0.39, 0.29) is 10.8 Å². The molecule has 0 bridgehead atoms. The van der Waals surface area contributed by atoms with Crippen LogP contribution in [-0.2, 0) is 21.2 Å². The van der Waals surface area contributed by atoms with Gasteiger partial charge < -0.3 is 15.1 Å². The van der Waals surface area contributed by atoms with Gasteiger partial charge in [-0.3, -0.25) is 4.79 Å². The number of anilines is 2. The second kappa shape index (κ2) is 16.1. The number of alkyl halides is 2. The van der Waals surface area contributed by atoms with Crippen molar-refractivity contribution < 1.29 is 13.2 Å². The van der Waals surface area contributed by atoms with Crippen molar-refractivity contribution in [1.82, 2.24) is 10.0 Å². The maximum Gasteiger partial charge on any atom is 0.241 e. The summed E-state index contributed by atoms with van der Waals surface area (Å²) in [4.78, 5) is 16.6. The Bertz CT molecular complexity index is 1330. The fraction of sp³-hybridized carbons (Fsp3) is 0.433. The number of carbonyl (C=O) groups excluding carboxylic acids is 1. The summed E-state index contributed by atoms with van der Waals surface area (Å²) in [5, 5.41) is 4.53. The number of hydrogen-bond donors (Lipinski definition) is 2. The summed E-state index contributed by atoms with van der Waals surface area (Å²) in [6.45, 7) is 2.33. The molecule has 0 aliphatic heterocycles. The van der Waals surface area contributed by atoms with Crippen molar-refractivity contribution in [3.05, 3.63) is 66.2 Å². The summed E-state index contributed by atoms with van der Waals surface area (Å²) in [6, 6.07) is 19.3. The van der Waals surface area contributed by atoms with Gasteiger partial charge in [-0.1, -0.05) is 36.4 Å². The van der Waals surface area contributed by atoms with Gasteiger partial charge in [0.15, 0.2) is 0 Å². The molecule has 218 valence electrons. The molecule has 7 nitrogen and oxygen atoms in total. The standard InChI is InChI=1S/C30H40Cl2N4O3S/c1-35(2)28-11-6-10-27-26(28)9-7-12-29(27)40(38,39)34-21-4-3-20-33-30(37)13-5-8-24-14-16-25(17-15-24)36(22-18-31)23-19-32/h6-7,9-12,14-17,34H,3-5,8,13,18-23H2,1-2H3,(H,33,37). The Morgan fingerprint density at radius 3 is 2.15 bits per heavy atom. The Hall–Kier alpha value is -2.52. The fourth-order valence-electron chi connectivity index (χ4n) is 4.64. The Labute approximate surface area is 248 Å². The third kappa shape index (κ3) is 9.26. The molecule has 0 unspecified atom stereocenters. The fourth-order valence-corrected chi connectivity index (χ4v) is 6.34. The average Bonchev–Trinajstić information content (AvgIpc) is 2.94. The number of amides is 1. The Morgan fingerprint density at radius 1 is 0.825 bits per heavy atom. The van der Waals surface area contributed by atoms with Crippen molar-refractivity contribution in [2.45, 2.75) is 37.0 Å². The number of hydrogen-bond acceptors (Lipinski definition) is 5. The van der Waals surface area contributed by atoms with E-state index in [1.165, 1.54) is 5.56 Å². The van der Waals surface area contributed by atoms with Gasteiger partial charge in [0.05, 0.1) is 4.90 Å². The monoisotopic (exact) mass is 606 g/mol. The summed E-state index contributed by atoms with van der Waals surface area (Å²) in [5.74, 6) is 1.11. The van der Waals surface area contributed by atoms with Gasteiger partial charge in [-0.2, -0.15) is 0 Å². The van der Waals surface area contributed by atoms with Gasteiger partial charge >= 0.3 is 0 Å². The Balaban J connectivity index is 1.36. The summed E-state index contributed by atoms with van der Waals surface area (Å²) < 4.78 is 28.7. The van der Waals surface area contributed by atoms with Crippen LogP contribution in [0.1, 0.15) is 31.2 Å². The topological polar surface area (TPSA) is 81.8 Å². The average molecular weight is 608 g/mol. The molecule has 0 aromatic heterocycles. The number of halogens is 2. The molecule has 3 aromatic rings. The molecular formula is C30H40Cl2N4O3S. The quantitative estimate of drug-likeness (QED) is 0.159. The highest BCUT2D eigenvalue weighted by Crippen LogP contribution is 2.30. The lowest BCUT2D eigenvalue weighted by atomic mass is 10.1. The summed E-state index contributed by atoms with van der Waals surface area (Å²) in [6.07, 6.45) is 3.36. The van der Waals surface area contributed by atoms with Crippen molar-refractivity contribution in [2.24, 2.45) is 0 Å². The van der Waals surface area contributed by atoms with Crippen LogP contribution in [0.2, 0.25) is 0 Å². The third-order valence-electron chi connectivity index (χ3n) is 6.73. The molecule has 3 rings (SSSR count). The van der Waals surface area contributed by atoms with Crippen LogP contribution in [0.3, 0.4) is 0 Å². The molecule has 0 saturated carbocycles. The minimum absolute atomic E-state index is 0.0139. The summed E-state index contributed by atoms with van der Waals surface area (Å²) in [5.41, 5.74) is 3.25. The molecule has 0 aliphatic rings. The molecule has 0 spiro atoms. The molecule has 1 amide bonds. The van der Waals surface area contributed by atoms with Gasteiger partial charge in [0.2, 0.25) is 15.9 Å². The number of benzene rings is 3. The van der Waals surface area contributed by atoms with Crippen molar-refractivity contribution in [1.29, 1.82) is 0 Å². The van der Waals surface area contributed by atoms with E-state index in [0.717, 1.165) is 42.7 Å². The number of aryl methyl sites for hydroxylation is 1. The summed E-state index contributed by atoms with van der Waals surface area (Å²) >= 11 is 11.8. The predicted octanol–water partition coefficient (Wildman–Crippen LogP) is 5.39. The Kier molecular flexibility index (Phi) is 12.8. The van der Waals surface area contributed by atoms with Crippen LogP contribution in [0.15, 0.2) is 65.6 Å². The van der Waals surface area contributed by atoms with Crippen LogP contribution in [-0.4, -0.2) is 66.4 Å².